The first kappa shape index (κ1) is 14.4. The quantitative estimate of drug-likeness (QED) is 0.523. The minimum atomic E-state index is 1.14. The Morgan fingerprint density at radius 2 is 1.48 bits per heavy atom. The van der Waals surface area contributed by atoms with Gasteiger partial charge in [0.2, 0.25) is 0 Å². The van der Waals surface area contributed by atoms with Gasteiger partial charge in [-0.3, -0.25) is 0 Å². The van der Waals surface area contributed by atoms with Crippen molar-refractivity contribution in [1.82, 2.24) is 0 Å². The summed E-state index contributed by atoms with van der Waals surface area (Å²) in [5, 5.41) is 0. The Labute approximate surface area is 129 Å². The maximum absolute atomic E-state index is 2.41. The van der Waals surface area contributed by atoms with Crippen LogP contribution in [-0.2, 0) is 19.3 Å². The van der Waals surface area contributed by atoms with E-state index in [1.165, 1.54) is 49.7 Å². The van der Waals surface area contributed by atoms with Crippen LogP contribution in [0, 0.1) is 0 Å². The van der Waals surface area contributed by atoms with E-state index in [1.807, 2.05) is 0 Å². The van der Waals surface area contributed by atoms with Crippen molar-refractivity contribution < 1.29 is 0 Å². The molecule has 21 heavy (non-hydrogen) atoms. The van der Waals surface area contributed by atoms with Gasteiger partial charge >= 0.3 is 0 Å². The summed E-state index contributed by atoms with van der Waals surface area (Å²) in [7, 11) is 0. The van der Waals surface area contributed by atoms with Crippen molar-refractivity contribution in [3.8, 4) is 11.1 Å². The third kappa shape index (κ3) is 2.77. The van der Waals surface area contributed by atoms with Gasteiger partial charge in [0.15, 0.2) is 0 Å². The van der Waals surface area contributed by atoms with E-state index in [0.29, 0.717) is 0 Å². The van der Waals surface area contributed by atoms with Gasteiger partial charge in [-0.05, 0) is 65.5 Å². The van der Waals surface area contributed by atoms with Crippen molar-refractivity contribution in [2.45, 2.75) is 58.8 Å². The molecule has 1 aliphatic carbocycles. The summed E-state index contributed by atoms with van der Waals surface area (Å²) < 4.78 is 0. The Hall–Kier alpha value is -1.56. The molecule has 0 radical (unpaired) electrons. The van der Waals surface area contributed by atoms with Crippen LogP contribution in [0.5, 0.6) is 0 Å². The van der Waals surface area contributed by atoms with Crippen molar-refractivity contribution >= 4 is 0 Å². The minimum Gasteiger partial charge on any atom is -0.0654 e. The van der Waals surface area contributed by atoms with Crippen molar-refractivity contribution in [2.24, 2.45) is 0 Å². The highest BCUT2D eigenvalue weighted by Crippen LogP contribution is 2.41. The second-order valence-electron chi connectivity index (χ2n) is 6.28. The molecule has 0 spiro atoms. The van der Waals surface area contributed by atoms with Gasteiger partial charge in [-0.2, -0.15) is 0 Å². The fourth-order valence-electron chi connectivity index (χ4n) is 3.56. The lowest BCUT2D eigenvalue weighted by atomic mass is 9.91. The smallest absolute Gasteiger partial charge is 0.00106 e. The number of unbranched alkanes of at least 4 members (excludes halogenated alkanes) is 2. The Kier molecular flexibility index (Phi) is 4.43. The molecule has 3 rings (SSSR count). The second-order valence-corrected chi connectivity index (χ2v) is 6.28. The summed E-state index contributed by atoms with van der Waals surface area (Å²) in [6, 6.07) is 13.8. The molecule has 0 saturated carbocycles. The van der Waals surface area contributed by atoms with Crippen LogP contribution in [0.1, 0.15) is 61.8 Å². The molecule has 0 amide bonds. The van der Waals surface area contributed by atoms with E-state index in [9.17, 15) is 0 Å². The standard InChI is InChI=1S/C21H26/c1-3-5-9-16-13-14-17(10-6-4-2)21-19-12-8-7-11-18(19)15-20(16)21/h7-8,11-14H,3-6,9-10,15H2,1-2H3. The normalized spacial score (nSPS) is 12.3. The molecule has 1 aliphatic rings. The molecule has 0 bridgehead atoms. The van der Waals surface area contributed by atoms with Crippen LogP contribution < -0.4 is 0 Å². The molecule has 0 aliphatic heterocycles. The summed E-state index contributed by atoms with van der Waals surface area (Å²) >= 11 is 0. The summed E-state index contributed by atoms with van der Waals surface area (Å²) in [6.07, 6.45) is 8.75. The largest absolute Gasteiger partial charge is 0.0654 e. The van der Waals surface area contributed by atoms with Crippen LogP contribution in [0.4, 0.5) is 0 Å². The van der Waals surface area contributed by atoms with Crippen molar-refractivity contribution in [3.63, 3.8) is 0 Å². The van der Waals surface area contributed by atoms with E-state index in [4.69, 9.17) is 0 Å². The first-order valence-electron chi connectivity index (χ1n) is 8.57. The molecular weight excluding hydrogens is 252 g/mol. The first-order valence-corrected chi connectivity index (χ1v) is 8.57. The van der Waals surface area contributed by atoms with E-state index in [2.05, 4.69) is 50.2 Å². The molecule has 0 N–H and O–H groups in total. The Balaban J connectivity index is 2.05. The molecule has 0 heteroatoms. The van der Waals surface area contributed by atoms with Crippen LogP contribution in [0.3, 0.4) is 0 Å². The fraction of sp³-hybridized carbons (Fsp3) is 0.429. The van der Waals surface area contributed by atoms with Gasteiger partial charge < -0.3 is 0 Å². The van der Waals surface area contributed by atoms with E-state index >= 15 is 0 Å². The number of hydrogen-bond acceptors (Lipinski definition) is 0. The van der Waals surface area contributed by atoms with E-state index in [1.54, 1.807) is 22.3 Å². The highest BCUT2D eigenvalue weighted by Gasteiger charge is 2.23. The van der Waals surface area contributed by atoms with Gasteiger partial charge in [0.1, 0.15) is 0 Å². The van der Waals surface area contributed by atoms with Gasteiger partial charge in [0, 0.05) is 0 Å². The minimum absolute atomic E-state index is 1.14. The predicted octanol–water partition coefficient (Wildman–Crippen LogP) is 5.94. The third-order valence-corrected chi connectivity index (χ3v) is 4.75. The Morgan fingerprint density at radius 3 is 2.24 bits per heavy atom. The Bertz CT molecular complexity index is 622. The lowest BCUT2D eigenvalue weighted by Gasteiger charge is -2.13. The van der Waals surface area contributed by atoms with Gasteiger partial charge in [-0.25, -0.2) is 0 Å². The lowest BCUT2D eigenvalue weighted by Crippen LogP contribution is -1.97. The molecule has 0 atom stereocenters. The summed E-state index contributed by atoms with van der Waals surface area (Å²) in [6.45, 7) is 4.56. The molecular formula is C21H26. The molecule has 0 heterocycles. The average Bonchev–Trinajstić information content (AvgIpc) is 2.91. The lowest BCUT2D eigenvalue weighted by molar-refractivity contribution is 0.782. The molecule has 0 fully saturated rings. The van der Waals surface area contributed by atoms with Gasteiger partial charge in [0.25, 0.3) is 0 Å². The zero-order valence-electron chi connectivity index (χ0n) is 13.4. The second kappa shape index (κ2) is 6.47. The van der Waals surface area contributed by atoms with Crippen LogP contribution in [0.2, 0.25) is 0 Å². The summed E-state index contributed by atoms with van der Waals surface area (Å²) in [5.41, 5.74) is 9.37. The van der Waals surface area contributed by atoms with Gasteiger partial charge in [-0.15, -0.1) is 0 Å². The fourth-order valence-corrected chi connectivity index (χ4v) is 3.56. The van der Waals surface area contributed by atoms with Gasteiger partial charge in [-0.1, -0.05) is 63.1 Å². The van der Waals surface area contributed by atoms with E-state index in [-0.39, 0.29) is 0 Å². The topological polar surface area (TPSA) is 0 Å². The van der Waals surface area contributed by atoms with Crippen molar-refractivity contribution in [1.29, 1.82) is 0 Å². The maximum atomic E-state index is 2.41. The number of rotatable bonds is 6. The first-order chi connectivity index (χ1) is 10.3. The molecule has 0 nitrogen and oxygen atoms in total. The summed E-state index contributed by atoms with van der Waals surface area (Å²) in [4.78, 5) is 0. The van der Waals surface area contributed by atoms with E-state index < -0.39 is 0 Å². The SMILES string of the molecule is CCCCc1ccc(CCCC)c2c1Cc1ccccc1-2. The zero-order chi connectivity index (χ0) is 14.7. The van der Waals surface area contributed by atoms with Crippen molar-refractivity contribution in [2.75, 3.05) is 0 Å². The predicted molar refractivity (Wildman–Crippen MR) is 91.9 cm³/mol. The molecule has 2 aromatic rings. The highest BCUT2D eigenvalue weighted by atomic mass is 14.3. The van der Waals surface area contributed by atoms with Crippen LogP contribution >= 0.6 is 0 Å². The monoisotopic (exact) mass is 278 g/mol. The third-order valence-electron chi connectivity index (χ3n) is 4.75. The molecule has 0 aromatic heterocycles. The van der Waals surface area contributed by atoms with Gasteiger partial charge in [0.05, 0.1) is 0 Å². The maximum Gasteiger partial charge on any atom is -0.00106 e. The van der Waals surface area contributed by atoms with Crippen LogP contribution in [0.15, 0.2) is 36.4 Å². The van der Waals surface area contributed by atoms with Crippen molar-refractivity contribution in [3.05, 3.63) is 58.7 Å². The molecule has 0 unspecified atom stereocenters. The number of benzene rings is 2. The number of aryl methyl sites for hydroxylation is 2. The number of fused-ring (bicyclic) bond motifs is 3. The molecule has 0 saturated heterocycles. The van der Waals surface area contributed by atoms with Crippen LogP contribution in [0.25, 0.3) is 11.1 Å². The van der Waals surface area contributed by atoms with E-state index in [0.717, 1.165) is 6.42 Å². The average molecular weight is 278 g/mol. The molecule has 110 valence electrons. The molecule has 2 aromatic carbocycles. The zero-order valence-corrected chi connectivity index (χ0v) is 13.4. The number of hydrogen-bond donors (Lipinski definition) is 0. The highest BCUT2D eigenvalue weighted by molar-refractivity contribution is 5.80. The van der Waals surface area contributed by atoms with Crippen LogP contribution in [-0.4, -0.2) is 0 Å². The Morgan fingerprint density at radius 1 is 0.810 bits per heavy atom. The summed E-state index contributed by atoms with van der Waals surface area (Å²) in [5.74, 6) is 0.